The number of hydrogen-bond donors (Lipinski definition) is 1. The minimum absolute atomic E-state index is 0.151. The fourth-order valence-electron chi connectivity index (χ4n) is 2.18. The van der Waals surface area contributed by atoms with Crippen molar-refractivity contribution >= 4 is 49.8 Å². The van der Waals surface area contributed by atoms with Gasteiger partial charge in [0.25, 0.3) is 5.56 Å². The summed E-state index contributed by atoms with van der Waals surface area (Å²) < 4.78 is 0.974. The third-order valence-corrected chi connectivity index (χ3v) is 4.22. The van der Waals surface area contributed by atoms with Gasteiger partial charge in [0.1, 0.15) is 10.9 Å². The van der Waals surface area contributed by atoms with Crippen molar-refractivity contribution in [2.45, 2.75) is 6.92 Å². The van der Waals surface area contributed by atoms with Gasteiger partial charge in [0, 0.05) is 10.7 Å². The molecule has 6 heteroatoms. The number of aromatic nitrogens is 1. The number of hydrogen-bond acceptors (Lipinski definition) is 3. The summed E-state index contributed by atoms with van der Waals surface area (Å²) in [4.78, 5) is 20.9. The molecule has 0 radical (unpaired) electrons. The van der Waals surface area contributed by atoms with Crippen LogP contribution in [0, 0.1) is 6.92 Å². The van der Waals surface area contributed by atoms with Crippen molar-refractivity contribution in [2.24, 2.45) is 4.99 Å². The lowest BCUT2D eigenvalue weighted by Gasteiger charge is -2.28. The van der Waals surface area contributed by atoms with Crippen LogP contribution in [-0.4, -0.2) is 16.7 Å². The van der Waals surface area contributed by atoms with Crippen molar-refractivity contribution in [3.8, 4) is 0 Å². The quantitative estimate of drug-likeness (QED) is 0.847. The highest BCUT2D eigenvalue weighted by atomic mass is 79.9. The van der Waals surface area contributed by atoms with Gasteiger partial charge in [-0.05, 0) is 36.8 Å². The Hall–Kier alpha value is -1.59. The molecule has 1 N–H and O–H groups in total. The molecule has 2 heterocycles. The van der Waals surface area contributed by atoms with E-state index in [1.807, 2.05) is 24.0 Å². The van der Waals surface area contributed by atoms with Crippen LogP contribution in [0.1, 0.15) is 5.56 Å². The lowest BCUT2D eigenvalue weighted by Crippen LogP contribution is -2.30. The Labute approximate surface area is 129 Å². The molecule has 1 aliphatic heterocycles. The molecular weight excluding hydrogens is 342 g/mol. The Morgan fingerprint density at radius 2 is 2.20 bits per heavy atom. The smallest absolute Gasteiger partial charge is 0.271 e. The van der Waals surface area contributed by atoms with Crippen molar-refractivity contribution in [1.82, 2.24) is 4.98 Å². The number of anilines is 2. The summed E-state index contributed by atoms with van der Waals surface area (Å²) in [6.45, 7) is 2.37. The molecular formula is C14H11BrClN3O. The van der Waals surface area contributed by atoms with Gasteiger partial charge in [0.2, 0.25) is 0 Å². The first-order valence-electron chi connectivity index (χ1n) is 6.05. The standard InChI is InChI=1S/C14H11BrClN3O/c1-8-5-10-12(6-9(8)15)19(7-13(16)18-10)11-3-2-4-17-14(11)20/h2-6H,7H2,1H3,(H,17,20). The number of halogens is 2. The summed E-state index contributed by atoms with van der Waals surface area (Å²) in [6, 6.07) is 7.47. The predicted molar refractivity (Wildman–Crippen MR) is 85.9 cm³/mol. The molecule has 0 spiro atoms. The predicted octanol–water partition coefficient (Wildman–Crippen LogP) is 3.87. The highest BCUT2D eigenvalue weighted by molar-refractivity contribution is 9.10. The first-order valence-corrected chi connectivity index (χ1v) is 7.22. The molecule has 0 saturated heterocycles. The summed E-state index contributed by atoms with van der Waals surface area (Å²) in [6.07, 6.45) is 1.61. The summed E-state index contributed by atoms with van der Waals surface area (Å²) in [7, 11) is 0. The molecule has 0 saturated carbocycles. The second kappa shape index (κ2) is 5.07. The SMILES string of the molecule is Cc1cc2c(cc1Br)N(c1ccc[nH]c1=O)CC(Cl)=N2. The summed E-state index contributed by atoms with van der Waals surface area (Å²) >= 11 is 9.63. The zero-order valence-corrected chi connectivity index (χ0v) is 13.0. The molecule has 0 atom stereocenters. The van der Waals surface area contributed by atoms with Crippen LogP contribution in [0.15, 0.2) is 44.7 Å². The van der Waals surface area contributed by atoms with Crippen LogP contribution in [-0.2, 0) is 0 Å². The fourth-order valence-corrected chi connectivity index (χ4v) is 2.73. The Kier molecular flexibility index (Phi) is 3.40. The molecule has 0 unspecified atom stereocenters. The number of rotatable bonds is 1. The van der Waals surface area contributed by atoms with Crippen LogP contribution in [0.4, 0.5) is 17.1 Å². The van der Waals surface area contributed by atoms with E-state index >= 15 is 0 Å². The van der Waals surface area contributed by atoms with Crippen LogP contribution >= 0.6 is 27.5 Å². The molecule has 20 heavy (non-hydrogen) atoms. The molecule has 2 aromatic rings. The molecule has 1 aromatic heterocycles. The lowest BCUT2D eigenvalue weighted by molar-refractivity contribution is 1.07. The normalized spacial score (nSPS) is 13.9. The van der Waals surface area contributed by atoms with E-state index in [-0.39, 0.29) is 5.56 Å². The van der Waals surface area contributed by atoms with E-state index in [2.05, 4.69) is 25.9 Å². The highest BCUT2D eigenvalue weighted by Crippen LogP contribution is 2.39. The van der Waals surface area contributed by atoms with Gasteiger partial charge in [0.05, 0.1) is 17.9 Å². The number of pyridine rings is 1. The minimum atomic E-state index is -0.151. The van der Waals surface area contributed by atoms with Crippen LogP contribution in [0.5, 0.6) is 0 Å². The Morgan fingerprint density at radius 1 is 1.40 bits per heavy atom. The number of aliphatic imine (C=N–C) groups is 1. The summed E-state index contributed by atoms with van der Waals surface area (Å²) in [5.74, 6) is 0. The number of benzene rings is 1. The second-order valence-electron chi connectivity index (χ2n) is 4.55. The van der Waals surface area contributed by atoms with Gasteiger partial charge in [0.15, 0.2) is 0 Å². The summed E-state index contributed by atoms with van der Waals surface area (Å²) in [5.41, 5.74) is 3.11. The Balaban J connectivity index is 2.22. The van der Waals surface area contributed by atoms with Gasteiger partial charge in [-0.3, -0.25) is 4.79 Å². The zero-order chi connectivity index (χ0) is 14.3. The number of aromatic amines is 1. The first kappa shape index (κ1) is 13.4. The molecule has 1 aromatic carbocycles. The molecule has 3 rings (SSSR count). The van der Waals surface area contributed by atoms with E-state index in [0.717, 1.165) is 21.4 Å². The number of nitrogens with one attached hydrogen (secondary N) is 1. The topological polar surface area (TPSA) is 48.5 Å². The van der Waals surface area contributed by atoms with Crippen LogP contribution in [0.25, 0.3) is 0 Å². The van der Waals surface area contributed by atoms with Gasteiger partial charge in [-0.25, -0.2) is 4.99 Å². The molecule has 1 aliphatic rings. The number of aryl methyl sites for hydroxylation is 1. The van der Waals surface area contributed by atoms with E-state index in [1.165, 1.54) is 0 Å². The third-order valence-electron chi connectivity index (χ3n) is 3.17. The number of H-pyrrole nitrogens is 1. The van der Waals surface area contributed by atoms with Gasteiger partial charge in [-0.1, -0.05) is 27.5 Å². The van der Waals surface area contributed by atoms with Gasteiger partial charge >= 0.3 is 0 Å². The lowest BCUT2D eigenvalue weighted by atomic mass is 10.1. The maximum atomic E-state index is 12.0. The van der Waals surface area contributed by atoms with Gasteiger partial charge < -0.3 is 9.88 Å². The number of nitrogens with zero attached hydrogens (tertiary/aromatic N) is 2. The van der Waals surface area contributed by atoms with Crippen molar-refractivity contribution < 1.29 is 0 Å². The molecule has 0 fully saturated rings. The fraction of sp³-hybridized carbons (Fsp3) is 0.143. The van der Waals surface area contributed by atoms with E-state index in [4.69, 9.17) is 11.6 Å². The van der Waals surface area contributed by atoms with E-state index in [1.54, 1.807) is 18.3 Å². The number of fused-ring (bicyclic) bond motifs is 1. The average Bonchev–Trinajstić information content (AvgIpc) is 2.41. The van der Waals surface area contributed by atoms with Crippen molar-refractivity contribution in [3.05, 3.63) is 50.9 Å². The van der Waals surface area contributed by atoms with Crippen molar-refractivity contribution in [1.29, 1.82) is 0 Å². The third kappa shape index (κ3) is 2.27. The summed E-state index contributed by atoms with van der Waals surface area (Å²) in [5, 5.41) is 0.461. The van der Waals surface area contributed by atoms with Gasteiger partial charge in [-0.15, -0.1) is 0 Å². The molecule has 4 nitrogen and oxygen atoms in total. The zero-order valence-electron chi connectivity index (χ0n) is 10.7. The van der Waals surface area contributed by atoms with E-state index in [9.17, 15) is 4.79 Å². The van der Waals surface area contributed by atoms with Crippen LogP contribution in [0.2, 0.25) is 0 Å². The van der Waals surface area contributed by atoms with E-state index < -0.39 is 0 Å². The Morgan fingerprint density at radius 3 is 2.95 bits per heavy atom. The average molecular weight is 353 g/mol. The molecule has 102 valence electrons. The molecule has 0 aliphatic carbocycles. The Bertz CT molecular complexity index is 769. The maximum Gasteiger partial charge on any atom is 0.271 e. The molecule has 0 bridgehead atoms. The monoisotopic (exact) mass is 351 g/mol. The maximum absolute atomic E-state index is 12.0. The van der Waals surface area contributed by atoms with Gasteiger partial charge in [-0.2, -0.15) is 0 Å². The van der Waals surface area contributed by atoms with Crippen LogP contribution < -0.4 is 10.5 Å². The largest absolute Gasteiger partial charge is 0.328 e. The highest BCUT2D eigenvalue weighted by Gasteiger charge is 2.22. The minimum Gasteiger partial charge on any atom is -0.328 e. The van der Waals surface area contributed by atoms with Crippen molar-refractivity contribution in [2.75, 3.05) is 11.4 Å². The first-order chi connectivity index (χ1) is 9.56. The second-order valence-corrected chi connectivity index (χ2v) is 5.84. The van der Waals surface area contributed by atoms with Crippen molar-refractivity contribution in [3.63, 3.8) is 0 Å². The van der Waals surface area contributed by atoms with Crippen LogP contribution in [0.3, 0.4) is 0 Å². The van der Waals surface area contributed by atoms with E-state index in [0.29, 0.717) is 17.4 Å². The molecule has 0 amide bonds.